The molecule has 0 bridgehead atoms. The molecule has 136 valence electrons. The molecule has 0 aliphatic heterocycles. The molecule has 0 spiro atoms. The predicted molar refractivity (Wildman–Crippen MR) is 104 cm³/mol. The highest BCUT2D eigenvalue weighted by molar-refractivity contribution is 7.99. The third-order valence-electron chi connectivity index (χ3n) is 3.46. The van der Waals surface area contributed by atoms with E-state index in [0.29, 0.717) is 19.0 Å². The second kappa shape index (κ2) is 9.90. The van der Waals surface area contributed by atoms with Crippen molar-refractivity contribution in [3.05, 3.63) is 35.9 Å². The summed E-state index contributed by atoms with van der Waals surface area (Å²) in [6.07, 6.45) is 2.06. The number of hydrogen-bond acceptors (Lipinski definition) is 4. The molecule has 0 fully saturated rings. The molecule has 0 aromatic heterocycles. The Labute approximate surface area is 150 Å². The molecule has 0 aliphatic rings. The Morgan fingerprint density at radius 3 is 2.46 bits per heavy atom. The summed E-state index contributed by atoms with van der Waals surface area (Å²) in [5.74, 6) is 0.599. The standard InChI is InChI=1S/C16H28N4O2S2/c1-16(2,23-4)13-19-15(17-3)18-10-11-24(21,22)20-12-14-8-6-5-7-9-14/h5-9,20H,10-13H2,1-4H3,(H2,17,18,19). The van der Waals surface area contributed by atoms with Gasteiger partial charge in [-0.25, -0.2) is 13.1 Å². The van der Waals surface area contributed by atoms with Gasteiger partial charge in [-0.15, -0.1) is 0 Å². The number of nitrogens with one attached hydrogen (secondary N) is 3. The number of nitrogens with zero attached hydrogens (tertiary/aromatic N) is 1. The van der Waals surface area contributed by atoms with Crippen LogP contribution in [0.4, 0.5) is 0 Å². The first-order valence-electron chi connectivity index (χ1n) is 7.79. The number of benzene rings is 1. The molecule has 24 heavy (non-hydrogen) atoms. The molecule has 0 atom stereocenters. The van der Waals surface area contributed by atoms with Gasteiger partial charge in [0.1, 0.15) is 0 Å². The van der Waals surface area contributed by atoms with Crippen molar-refractivity contribution >= 4 is 27.7 Å². The highest BCUT2D eigenvalue weighted by Crippen LogP contribution is 2.19. The summed E-state index contributed by atoms with van der Waals surface area (Å²) < 4.78 is 26.7. The second-order valence-corrected chi connectivity index (χ2v) is 9.38. The van der Waals surface area contributed by atoms with Gasteiger partial charge in [-0.2, -0.15) is 11.8 Å². The Hall–Kier alpha value is -1.25. The van der Waals surface area contributed by atoms with Crippen LogP contribution >= 0.6 is 11.8 Å². The molecule has 1 rings (SSSR count). The number of rotatable bonds is 9. The first kappa shape index (κ1) is 20.8. The monoisotopic (exact) mass is 372 g/mol. The number of thioether (sulfide) groups is 1. The molecule has 0 radical (unpaired) electrons. The normalized spacial score (nSPS) is 12.9. The van der Waals surface area contributed by atoms with Crippen LogP contribution in [0.15, 0.2) is 35.3 Å². The van der Waals surface area contributed by atoms with Crippen LogP contribution in [0.25, 0.3) is 0 Å². The second-order valence-electron chi connectivity index (χ2n) is 5.94. The van der Waals surface area contributed by atoms with Crippen molar-refractivity contribution in [3.63, 3.8) is 0 Å². The maximum absolute atomic E-state index is 12.0. The van der Waals surface area contributed by atoms with Gasteiger partial charge in [0.2, 0.25) is 10.0 Å². The van der Waals surface area contributed by atoms with Crippen molar-refractivity contribution in [2.24, 2.45) is 4.99 Å². The molecular formula is C16H28N4O2S2. The zero-order chi connectivity index (χ0) is 18.1. The van der Waals surface area contributed by atoms with E-state index in [4.69, 9.17) is 0 Å². The van der Waals surface area contributed by atoms with Gasteiger partial charge in [0.25, 0.3) is 0 Å². The Balaban J connectivity index is 2.35. The van der Waals surface area contributed by atoms with Crippen molar-refractivity contribution in [3.8, 4) is 0 Å². The highest BCUT2D eigenvalue weighted by Gasteiger charge is 2.16. The molecule has 6 nitrogen and oxygen atoms in total. The van der Waals surface area contributed by atoms with Gasteiger partial charge in [-0.1, -0.05) is 30.3 Å². The number of sulfonamides is 1. The molecule has 0 heterocycles. The molecule has 8 heteroatoms. The minimum Gasteiger partial charge on any atom is -0.355 e. The summed E-state index contributed by atoms with van der Waals surface area (Å²) in [5, 5.41) is 6.24. The summed E-state index contributed by atoms with van der Waals surface area (Å²) in [5.41, 5.74) is 0.936. The van der Waals surface area contributed by atoms with E-state index in [0.717, 1.165) is 12.1 Å². The number of aliphatic imine (C=N–C) groups is 1. The SMILES string of the molecule is CN=C(NCCS(=O)(=O)NCc1ccccc1)NCC(C)(C)SC. The average Bonchev–Trinajstić information content (AvgIpc) is 2.57. The molecule has 0 unspecified atom stereocenters. The van der Waals surface area contributed by atoms with E-state index < -0.39 is 10.0 Å². The summed E-state index contributed by atoms with van der Waals surface area (Å²) in [6.45, 7) is 5.61. The van der Waals surface area contributed by atoms with Gasteiger partial charge in [0.15, 0.2) is 5.96 Å². The molecule has 3 N–H and O–H groups in total. The average molecular weight is 373 g/mol. The molecule has 0 aliphatic carbocycles. The quantitative estimate of drug-likeness (QED) is 0.451. The molecule has 1 aromatic rings. The van der Waals surface area contributed by atoms with E-state index in [1.54, 1.807) is 18.8 Å². The fourth-order valence-electron chi connectivity index (χ4n) is 1.75. The maximum Gasteiger partial charge on any atom is 0.213 e. The van der Waals surface area contributed by atoms with Crippen LogP contribution < -0.4 is 15.4 Å². The van der Waals surface area contributed by atoms with E-state index in [1.807, 2.05) is 30.3 Å². The summed E-state index contributed by atoms with van der Waals surface area (Å²) >= 11 is 1.76. The van der Waals surface area contributed by atoms with Crippen LogP contribution in [0.1, 0.15) is 19.4 Å². The Kier molecular flexibility index (Phi) is 8.58. The van der Waals surface area contributed by atoms with Crippen LogP contribution in [-0.2, 0) is 16.6 Å². The fraction of sp³-hybridized carbons (Fsp3) is 0.562. The summed E-state index contributed by atoms with van der Waals surface area (Å²) in [7, 11) is -1.66. The zero-order valence-corrected chi connectivity index (χ0v) is 16.4. The molecule has 0 saturated heterocycles. The van der Waals surface area contributed by atoms with E-state index in [2.05, 4.69) is 40.5 Å². The van der Waals surface area contributed by atoms with Crippen LogP contribution in [0, 0.1) is 0 Å². The minimum atomic E-state index is -3.33. The van der Waals surface area contributed by atoms with Crippen LogP contribution in [0.2, 0.25) is 0 Å². The lowest BCUT2D eigenvalue weighted by Gasteiger charge is -2.23. The number of hydrogen-bond donors (Lipinski definition) is 3. The van der Waals surface area contributed by atoms with Gasteiger partial charge in [-0.3, -0.25) is 4.99 Å². The summed E-state index contributed by atoms with van der Waals surface area (Å²) in [4.78, 5) is 4.11. The molecule has 0 saturated carbocycles. The lowest BCUT2D eigenvalue weighted by molar-refractivity contribution is 0.579. The Morgan fingerprint density at radius 2 is 1.88 bits per heavy atom. The van der Waals surface area contributed by atoms with Crippen LogP contribution in [0.3, 0.4) is 0 Å². The smallest absolute Gasteiger partial charge is 0.213 e. The van der Waals surface area contributed by atoms with Crippen molar-refractivity contribution in [1.82, 2.24) is 15.4 Å². The van der Waals surface area contributed by atoms with Gasteiger partial charge in [0.05, 0.1) is 5.75 Å². The maximum atomic E-state index is 12.0. The first-order chi connectivity index (χ1) is 11.3. The third kappa shape index (κ3) is 8.56. The van der Waals surface area contributed by atoms with Gasteiger partial charge >= 0.3 is 0 Å². The van der Waals surface area contributed by atoms with Gasteiger partial charge in [0, 0.05) is 31.4 Å². The first-order valence-corrected chi connectivity index (χ1v) is 10.7. The molecule has 0 amide bonds. The lowest BCUT2D eigenvalue weighted by atomic mass is 10.2. The van der Waals surface area contributed by atoms with Crippen molar-refractivity contribution in [1.29, 1.82) is 0 Å². The van der Waals surface area contributed by atoms with E-state index in [1.165, 1.54) is 0 Å². The van der Waals surface area contributed by atoms with Gasteiger partial charge in [-0.05, 0) is 25.7 Å². The number of guanidine groups is 1. The largest absolute Gasteiger partial charge is 0.355 e. The van der Waals surface area contributed by atoms with Crippen molar-refractivity contribution in [2.75, 3.05) is 32.1 Å². The minimum absolute atomic E-state index is 0.00749. The molecular weight excluding hydrogens is 344 g/mol. The van der Waals surface area contributed by atoms with E-state index >= 15 is 0 Å². The van der Waals surface area contributed by atoms with Crippen molar-refractivity contribution < 1.29 is 8.42 Å². The van der Waals surface area contributed by atoms with Crippen LogP contribution in [-0.4, -0.2) is 51.3 Å². The topological polar surface area (TPSA) is 82.6 Å². The van der Waals surface area contributed by atoms with E-state index in [-0.39, 0.29) is 10.5 Å². The Morgan fingerprint density at radius 1 is 1.21 bits per heavy atom. The Bertz CT molecular complexity index is 616. The van der Waals surface area contributed by atoms with Crippen molar-refractivity contribution in [2.45, 2.75) is 25.1 Å². The third-order valence-corrected chi connectivity index (χ3v) is 6.04. The fourth-order valence-corrected chi connectivity index (χ4v) is 2.87. The van der Waals surface area contributed by atoms with E-state index in [9.17, 15) is 8.42 Å². The lowest BCUT2D eigenvalue weighted by Crippen LogP contribution is -2.45. The summed E-state index contributed by atoms with van der Waals surface area (Å²) in [6, 6.07) is 9.45. The zero-order valence-electron chi connectivity index (χ0n) is 14.8. The van der Waals surface area contributed by atoms with Crippen LogP contribution in [0.5, 0.6) is 0 Å². The van der Waals surface area contributed by atoms with Gasteiger partial charge < -0.3 is 10.6 Å². The predicted octanol–water partition coefficient (Wildman–Crippen LogP) is 1.41. The molecule has 1 aromatic carbocycles. The highest BCUT2D eigenvalue weighted by atomic mass is 32.2.